The molecule has 0 saturated carbocycles. The standard InChI is InChI=1S/C17H30N2O3/c1-13(18)7-5-6-10-15(17(19)21)22-16(20)12-11-14-8-3-2-4-9-14/h2-3,13-15H,4-12,18H2,1H3,(H2,19,21). The third kappa shape index (κ3) is 8.17. The monoisotopic (exact) mass is 310 g/mol. The third-order valence-corrected chi connectivity index (χ3v) is 4.10. The van der Waals surface area contributed by atoms with Crippen LogP contribution in [0.15, 0.2) is 12.2 Å². The highest BCUT2D eigenvalue weighted by Gasteiger charge is 2.21. The zero-order valence-electron chi connectivity index (χ0n) is 13.6. The molecule has 0 aromatic rings. The van der Waals surface area contributed by atoms with Crippen molar-refractivity contribution in [3.05, 3.63) is 12.2 Å². The minimum absolute atomic E-state index is 0.152. The maximum absolute atomic E-state index is 11.9. The van der Waals surface area contributed by atoms with Gasteiger partial charge in [0.05, 0.1) is 0 Å². The fourth-order valence-corrected chi connectivity index (χ4v) is 2.71. The SMILES string of the molecule is CC(N)CCCCC(OC(=O)CCC1CC=CCC1)C(N)=O. The topological polar surface area (TPSA) is 95.4 Å². The lowest BCUT2D eigenvalue weighted by Gasteiger charge is -2.18. The average molecular weight is 310 g/mol. The van der Waals surface area contributed by atoms with Crippen LogP contribution in [0.4, 0.5) is 0 Å². The van der Waals surface area contributed by atoms with Crippen LogP contribution in [-0.2, 0) is 14.3 Å². The Bertz CT molecular complexity index is 380. The van der Waals surface area contributed by atoms with Gasteiger partial charge in [-0.3, -0.25) is 9.59 Å². The summed E-state index contributed by atoms with van der Waals surface area (Å²) < 4.78 is 5.25. The highest BCUT2D eigenvalue weighted by molar-refractivity contribution is 5.82. The summed E-state index contributed by atoms with van der Waals surface area (Å²) in [6.45, 7) is 1.95. The highest BCUT2D eigenvalue weighted by atomic mass is 16.5. The molecule has 0 heterocycles. The van der Waals surface area contributed by atoms with Crippen LogP contribution in [0.2, 0.25) is 0 Å². The summed E-state index contributed by atoms with van der Waals surface area (Å²) in [7, 11) is 0. The van der Waals surface area contributed by atoms with Crippen LogP contribution in [0.1, 0.15) is 64.7 Å². The molecule has 3 atom stereocenters. The fourth-order valence-electron chi connectivity index (χ4n) is 2.71. The number of primary amides is 1. The highest BCUT2D eigenvalue weighted by Crippen LogP contribution is 2.23. The Balaban J connectivity index is 2.24. The van der Waals surface area contributed by atoms with Crippen molar-refractivity contribution in [3.63, 3.8) is 0 Å². The number of amides is 1. The molecule has 0 fully saturated rings. The number of unbranched alkanes of at least 4 members (excludes halogenated alkanes) is 1. The zero-order valence-corrected chi connectivity index (χ0v) is 13.6. The van der Waals surface area contributed by atoms with Crippen molar-refractivity contribution < 1.29 is 14.3 Å². The van der Waals surface area contributed by atoms with E-state index in [1.165, 1.54) is 0 Å². The Morgan fingerprint density at radius 3 is 2.59 bits per heavy atom. The van der Waals surface area contributed by atoms with Crippen LogP contribution >= 0.6 is 0 Å². The van der Waals surface area contributed by atoms with Gasteiger partial charge in [0.2, 0.25) is 0 Å². The second-order valence-electron chi connectivity index (χ2n) is 6.33. The molecule has 0 bridgehead atoms. The fraction of sp³-hybridized carbons (Fsp3) is 0.765. The molecule has 5 heteroatoms. The molecule has 126 valence electrons. The van der Waals surface area contributed by atoms with Gasteiger partial charge in [-0.2, -0.15) is 0 Å². The number of ether oxygens (including phenoxy) is 1. The van der Waals surface area contributed by atoms with Crippen LogP contribution < -0.4 is 11.5 Å². The van der Waals surface area contributed by atoms with Gasteiger partial charge in [-0.15, -0.1) is 0 Å². The summed E-state index contributed by atoms with van der Waals surface area (Å²) in [6.07, 6.45) is 11.1. The third-order valence-electron chi connectivity index (χ3n) is 4.10. The Morgan fingerprint density at radius 1 is 1.27 bits per heavy atom. The first kappa shape index (κ1) is 18.7. The van der Waals surface area contributed by atoms with Crippen LogP contribution in [-0.4, -0.2) is 24.0 Å². The van der Waals surface area contributed by atoms with Crippen molar-refractivity contribution in [1.29, 1.82) is 0 Å². The Labute approximate surface area is 133 Å². The molecule has 0 aromatic heterocycles. The van der Waals surface area contributed by atoms with Gasteiger partial charge >= 0.3 is 5.97 Å². The normalized spacial score (nSPS) is 20.4. The molecule has 1 amide bonds. The zero-order chi connectivity index (χ0) is 16.4. The molecule has 3 unspecified atom stereocenters. The van der Waals surface area contributed by atoms with E-state index in [1.54, 1.807) is 0 Å². The molecule has 5 nitrogen and oxygen atoms in total. The van der Waals surface area contributed by atoms with Crippen LogP contribution in [0, 0.1) is 5.92 Å². The second-order valence-corrected chi connectivity index (χ2v) is 6.33. The van der Waals surface area contributed by atoms with Gasteiger partial charge in [0.25, 0.3) is 5.91 Å². The van der Waals surface area contributed by atoms with Gasteiger partial charge in [-0.1, -0.05) is 18.6 Å². The number of hydrogen-bond donors (Lipinski definition) is 2. The number of carbonyl (C=O) groups excluding carboxylic acids is 2. The quantitative estimate of drug-likeness (QED) is 0.368. The van der Waals surface area contributed by atoms with Gasteiger partial charge in [0, 0.05) is 12.5 Å². The van der Waals surface area contributed by atoms with E-state index in [0.717, 1.165) is 44.9 Å². The lowest BCUT2D eigenvalue weighted by atomic mass is 9.90. The molecule has 0 aromatic carbocycles. The number of carbonyl (C=O) groups is 2. The van der Waals surface area contributed by atoms with E-state index in [-0.39, 0.29) is 12.0 Å². The van der Waals surface area contributed by atoms with Crippen molar-refractivity contribution in [2.75, 3.05) is 0 Å². The first-order chi connectivity index (χ1) is 10.5. The first-order valence-electron chi connectivity index (χ1n) is 8.38. The van der Waals surface area contributed by atoms with Crippen molar-refractivity contribution >= 4 is 11.9 Å². The number of esters is 1. The molecular weight excluding hydrogens is 280 g/mol. The van der Waals surface area contributed by atoms with Crippen molar-refractivity contribution in [2.24, 2.45) is 17.4 Å². The predicted octanol–water partition coefficient (Wildman–Crippen LogP) is 2.43. The maximum Gasteiger partial charge on any atom is 0.306 e. The number of allylic oxidation sites excluding steroid dienone is 2. The van der Waals surface area contributed by atoms with Crippen molar-refractivity contribution in [1.82, 2.24) is 0 Å². The summed E-state index contributed by atoms with van der Waals surface area (Å²) in [5.41, 5.74) is 11.0. The molecule has 1 aliphatic carbocycles. The molecule has 1 rings (SSSR count). The van der Waals surface area contributed by atoms with Crippen molar-refractivity contribution in [2.45, 2.75) is 76.9 Å². The minimum Gasteiger partial charge on any atom is -0.452 e. The average Bonchev–Trinajstić information content (AvgIpc) is 2.48. The Kier molecular flexibility index (Phi) is 8.82. The van der Waals surface area contributed by atoms with Gasteiger partial charge < -0.3 is 16.2 Å². The largest absolute Gasteiger partial charge is 0.452 e. The Morgan fingerprint density at radius 2 is 2.00 bits per heavy atom. The molecule has 0 aliphatic heterocycles. The smallest absolute Gasteiger partial charge is 0.306 e. The van der Waals surface area contributed by atoms with E-state index in [9.17, 15) is 9.59 Å². The van der Waals surface area contributed by atoms with E-state index in [2.05, 4.69) is 12.2 Å². The van der Waals surface area contributed by atoms with E-state index >= 15 is 0 Å². The summed E-state index contributed by atoms with van der Waals surface area (Å²) in [4.78, 5) is 23.3. The number of rotatable bonds is 10. The second kappa shape index (κ2) is 10.4. The van der Waals surface area contributed by atoms with Gasteiger partial charge in [0.1, 0.15) is 0 Å². The maximum atomic E-state index is 11.9. The van der Waals surface area contributed by atoms with Crippen LogP contribution in [0.5, 0.6) is 0 Å². The summed E-state index contributed by atoms with van der Waals surface area (Å²) >= 11 is 0. The molecule has 0 radical (unpaired) electrons. The summed E-state index contributed by atoms with van der Waals surface area (Å²) in [5.74, 6) is -0.323. The number of nitrogens with two attached hydrogens (primary N) is 2. The van der Waals surface area contributed by atoms with E-state index < -0.39 is 12.0 Å². The minimum atomic E-state index is -0.799. The van der Waals surface area contributed by atoms with Gasteiger partial charge in [-0.05, 0) is 57.8 Å². The molecule has 0 saturated heterocycles. The van der Waals surface area contributed by atoms with Crippen LogP contribution in [0.25, 0.3) is 0 Å². The lowest BCUT2D eigenvalue weighted by molar-refractivity contribution is -0.155. The van der Waals surface area contributed by atoms with Crippen molar-refractivity contribution in [3.8, 4) is 0 Å². The molecule has 1 aliphatic rings. The lowest BCUT2D eigenvalue weighted by Crippen LogP contribution is -2.33. The van der Waals surface area contributed by atoms with E-state index in [1.807, 2.05) is 6.92 Å². The van der Waals surface area contributed by atoms with Gasteiger partial charge in [0.15, 0.2) is 6.10 Å². The summed E-state index contributed by atoms with van der Waals surface area (Å²) in [5, 5.41) is 0. The summed E-state index contributed by atoms with van der Waals surface area (Å²) in [6, 6.07) is 0.152. The number of hydrogen-bond acceptors (Lipinski definition) is 4. The molecule has 0 spiro atoms. The van der Waals surface area contributed by atoms with E-state index in [0.29, 0.717) is 18.8 Å². The predicted molar refractivity (Wildman–Crippen MR) is 86.9 cm³/mol. The molecule has 4 N–H and O–H groups in total. The first-order valence-corrected chi connectivity index (χ1v) is 8.38. The van der Waals surface area contributed by atoms with Gasteiger partial charge in [-0.25, -0.2) is 0 Å². The Hall–Kier alpha value is -1.36. The van der Waals surface area contributed by atoms with E-state index in [4.69, 9.17) is 16.2 Å². The molecule has 22 heavy (non-hydrogen) atoms. The molecular formula is C17H30N2O3. The van der Waals surface area contributed by atoms with Crippen LogP contribution in [0.3, 0.4) is 0 Å².